The Bertz CT molecular complexity index is 860. The van der Waals surface area contributed by atoms with Crippen LogP contribution in [0.25, 0.3) is 0 Å². The quantitative estimate of drug-likeness (QED) is 0.733. The predicted octanol–water partition coefficient (Wildman–Crippen LogP) is 2.67. The number of nitrogens with one attached hydrogen (secondary N) is 1. The van der Waals surface area contributed by atoms with Crippen LogP contribution in [0.1, 0.15) is 40.4 Å². The molecule has 3 rings (SSSR count). The van der Waals surface area contributed by atoms with Crippen LogP contribution in [0.15, 0.2) is 54.6 Å². The van der Waals surface area contributed by atoms with Gasteiger partial charge in [-0.05, 0) is 18.1 Å². The van der Waals surface area contributed by atoms with E-state index in [1.807, 2.05) is 55.5 Å². The van der Waals surface area contributed by atoms with E-state index in [4.69, 9.17) is 4.74 Å². The molecular formula is C23H26N2O4. The number of hydrogen-bond acceptors (Lipinski definition) is 4. The molecule has 1 unspecified atom stereocenters. The van der Waals surface area contributed by atoms with Crippen LogP contribution in [0.3, 0.4) is 0 Å². The van der Waals surface area contributed by atoms with Crippen LogP contribution >= 0.6 is 0 Å². The standard InChI is InChI=1S/C23H26N2O4/c1-17-7-5-6-10-19(17)20(26)11-12-21(27)24-22(18-8-3-2-4-9-18)23(28)25-13-15-29-16-14-25/h2-10,22H,11-16H2,1H3,(H,24,27). The lowest BCUT2D eigenvalue weighted by molar-refractivity contribution is -0.140. The Morgan fingerprint density at radius 3 is 2.31 bits per heavy atom. The van der Waals surface area contributed by atoms with Gasteiger partial charge in [0, 0.05) is 31.5 Å². The number of benzene rings is 2. The van der Waals surface area contributed by atoms with Gasteiger partial charge in [0.2, 0.25) is 11.8 Å². The van der Waals surface area contributed by atoms with Gasteiger partial charge < -0.3 is 15.0 Å². The summed E-state index contributed by atoms with van der Waals surface area (Å²) < 4.78 is 5.31. The van der Waals surface area contributed by atoms with Gasteiger partial charge in [0.25, 0.3) is 0 Å². The lowest BCUT2D eigenvalue weighted by Crippen LogP contribution is -2.47. The molecule has 6 nitrogen and oxygen atoms in total. The highest BCUT2D eigenvalue weighted by atomic mass is 16.5. The van der Waals surface area contributed by atoms with Gasteiger partial charge in [-0.15, -0.1) is 0 Å². The number of ketones is 1. The van der Waals surface area contributed by atoms with Gasteiger partial charge in [0.05, 0.1) is 13.2 Å². The molecule has 2 aromatic carbocycles. The lowest BCUT2D eigenvalue weighted by Gasteiger charge is -2.31. The van der Waals surface area contributed by atoms with Crippen molar-refractivity contribution in [1.82, 2.24) is 10.2 Å². The van der Waals surface area contributed by atoms with Gasteiger partial charge in [-0.1, -0.05) is 54.6 Å². The molecule has 0 spiro atoms. The SMILES string of the molecule is Cc1ccccc1C(=O)CCC(=O)NC(C(=O)N1CCOCC1)c1ccccc1. The fourth-order valence-corrected chi connectivity index (χ4v) is 3.38. The third-order valence-corrected chi connectivity index (χ3v) is 5.03. The highest BCUT2D eigenvalue weighted by Crippen LogP contribution is 2.18. The second-order valence-corrected chi connectivity index (χ2v) is 7.09. The number of rotatable bonds is 7. The summed E-state index contributed by atoms with van der Waals surface area (Å²) in [6.45, 7) is 3.87. The van der Waals surface area contributed by atoms with Crippen LogP contribution in [0.2, 0.25) is 0 Å². The van der Waals surface area contributed by atoms with Crippen molar-refractivity contribution in [3.8, 4) is 0 Å². The summed E-state index contributed by atoms with van der Waals surface area (Å²) in [6.07, 6.45) is 0.136. The second kappa shape index (κ2) is 9.98. The van der Waals surface area contributed by atoms with Gasteiger partial charge in [-0.25, -0.2) is 0 Å². The number of carbonyl (C=O) groups excluding carboxylic acids is 3. The first-order chi connectivity index (χ1) is 14.1. The van der Waals surface area contributed by atoms with Crippen molar-refractivity contribution in [3.63, 3.8) is 0 Å². The van der Waals surface area contributed by atoms with Crippen LogP contribution in [0, 0.1) is 6.92 Å². The molecule has 29 heavy (non-hydrogen) atoms. The fraction of sp³-hybridized carbons (Fsp3) is 0.348. The molecule has 1 fully saturated rings. The first-order valence-electron chi connectivity index (χ1n) is 9.86. The summed E-state index contributed by atoms with van der Waals surface area (Å²) in [5.41, 5.74) is 2.24. The number of morpholine rings is 1. The van der Waals surface area contributed by atoms with Gasteiger partial charge in [0.1, 0.15) is 6.04 Å². The molecule has 0 aromatic heterocycles. The molecule has 0 radical (unpaired) electrons. The minimum Gasteiger partial charge on any atom is -0.378 e. The molecule has 1 aliphatic rings. The molecule has 6 heteroatoms. The van der Waals surface area contributed by atoms with Crippen LogP contribution in [0.5, 0.6) is 0 Å². The molecular weight excluding hydrogens is 368 g/mol. The van der Waals surface area contributed by atoms with Crippen molar-refractivity contribution < 1.29 is 19.1 Å². The lowest BCUT2D eigenvalue weighted by atomic mass is 10.0. The highest BCUT2D eigenvalue weighted by molar-refractivity contribution is 5.99. The molecule has 1 heterocycles. The molecule has 0 aliphatic carbocycles. The van der Waals surface area contributed by atoms with Gasteiger partial charge in [0.15, 0.2) is 5.78 Å². The maximum atomic E-state index is 13.0. The Morgan fingerprint density at radius 2 is 1.62 bits per heavy atom. The van der Waals surface area contributed by atoms with Crippen LogP contribution in [-0.4, -0.2) is 48.8 Å². The zero-order valence-corrected chi connectivity index (χ0v) is 16.6. The Hall–Kier alpha value is -2.99. The number of aryl methyl sites for hydroxylation is 1. The number of ether oxygens (including phenoxy) is 1. The zero-order chi connectivity index (χ0) is 20.6. The zero-order valence-electron chi connectivity index (χ0n) is 16.6. The second-order valence-electron chi connectivity index (χ2n) is 7.09. The topological polar surface area (TPSA) is 75.7 Å². The Labute approximate surface area is 170 Å². The van der Waals surface area contributed by atoms with Crippen molar-refractivity contribution in [2.45, 2.75) is 25.8 Å². The number of nitrogens with zero attached hydrogens (tertiary/aromatic N) is 1. The van der Waals surface area contributed by atoms with E-state index in [9.17, 15) is 14.4 Å². The molecule has 1 N–H and O–H groups in total. The van der Waals surface area contributed by atoms with Crippen molar-refractivity contribution in [2.24, 2.45) is 0 Å². The van der Waals surface area contributed by atoms with E-state index in [0.717, 1.165) is 11.1 Å². The molecule has 0 saturated carbocycles. The molecule has 1 atom stereocenters. The van der Waals surface area contributed by atoms with E-state index >= 15 is 0 Å². The van der Waals surface area contributed by atoms with Gasteiger partial charge in [-0.2, -0.15) is 0 Å². The van der Waals surface area contributed by atoms with Gasteiger partial charge in [-0.3, -0.25) is 14.4 Å². The van der Waals surface area contributed by atoms with E-state index in [1.165, 1.54) is 0 Å². The van der Waals surface area contributed by atoms with Crippen molar-refractivity contribution in [2.75, 3.05) is 26.3 Å². The van der Waals surface area contributed by atoms with Crippen molar-refractivity contribution in [1.29, 1.82) is 0 Å². The van der Waals surface area contributed by atoms with Gasteiger partial charge >= 0.3 is 0 Å². The first-order valence-corrected chi connectivity index (χ1v) is 9.86. The van der Waals surface area contributed by atoms with Crippen LogP contribution < -0.4 is 5.32 Å². The monoisotopic (exact) mass is 394 g/mol. The molecule has 2 aromatic rings. The number of amides is 2. The van der Waals surface area contributed by atoms with E-state index < -0.39 is 6.04 Å². The first kappa shape index (κ1) is 20.7. The maximum Gasteiger partial charge on any atom is 0.249 e. The molecule has 1 saturated heterocycles. The Morgan fingerprint density at radius 1 is 0.966 bits per heavy atom. The average Bonchev–Trinajstić information content (AvgIpc) is 2.77. The molecule has 2 amide bonds. The predicted molar refractivity (Wildman–Crippen MR) is 109 cm³/mol. The van der Waals surface area contributed by atoms with E-state index in [2.05, 4.69) is 5.32 Å². The molecule has 0 bridgehead atoms. The molecule has 152 valence electrons. The smallest absolute Gasteiger partial charge is 0.249 e. The summed E-state index contributed by atoms with van der Waals surface area (Å²) in [5, 5.41) is 2.83. The minimum atomic E-state index is -0.768. The fourth-order valence-electron chi connectivity index (χ4n) is 3.38. The van der Waals surface area contributed by atoms with E-state index in [0.29, 0.717) is 31.9 Å². The van der Waals surface area contributed by atoms with Crippen LogP contribution in [0.4, 0.5) is 0 Å². The summed E-state index contributed by atoms with van der Waals surface area (Å²) in [4.78, 5) is 39.7. The normalized spacial score (nSPS) is 14.9. The Balaban J connectivity index is 1.65. The largest absolute Gasteiger partial charge is 0.378 e. The minimum absolute atomic E-state index is 0.0346. The third kappa shape index (κ3) is 5.51. The van der Waals surface area contributed by atoms with Crippen LogP contribution in [-0.2, 0) is 14.3 Å². The number of Topliss-reactive ketones (excluding diaryl/α,β-unsaturated/α-hetero) is 1. The highest BCUT2D eigenvalue weighted by Gasteiger charge is 2.28. The third-order valence-electron chi connectivity index (χ3n) is 5.03. The average molecular weight is 394 g/mol. The Kier molecular flexibility index (Phi) is 7.14. The van der Waals surface area contributed by atoms with Crippen molar-refractivity contribution >= 4 is 17.6 Å². The van der Waals surface area contributed by atoms with E-state index in [-0.39, 0.29) is 30.4 Å². The van der Waals surface area contributed by atoms with Crippen molar-refractivity contribution in [3.05, 3.63) is 71.3 Å². The van der Waals surface area contributed by atoms with E-state index in [1.54, 1.807) is 11.0 Å². The number of carbonyl (C=O) groups is 3. The summed E-state index contributed by atoms with van der Waals surface area (Å²) in [6, 6.07) is 15.7. The summed E-state index contributed by atoms with van der Waals surface area (Å²) in [5.74, 6) is -0.547. The summed E-state index contributed by atoms with van der Waals surface area (Å²) in [7, 11) is 0. The maximum absolute atomic E-state index is 13.0. The molecule has 1 aliphatic heterocycles. The number of hydrogen-bond donors (Lipinski definition) is 1. The summed E-state index contributed by atoms with van der Waals surface area (Å²) >= 11 is 0.